The van der Waals surface area contributed by atoms with Crippen LogP contribution in [0.5, 0.6) is 0 Å². The van der Waals surface area contributed by atoms with Gasteiger partial charge < -0.3 is 0 Å². The summed E-state index contributed by atoms with van der Waals surface area (Å²) in [5, 5.41) is 4.31. The molecule has 0 unspecified atom stereocenters. The Labute approximate surface area is 85.9 Å². The largest absolute Gasteiger partial charge is 0.270 e. The van der Waals surface area contributed by atoms with Gasteiger partial charge in [-0.1, -0.05) is 11.6 Å². The smallest absolute Gasteiger partial charge is 0.238 e. The molecule has 0 spiro atoms. The molecule has 0 aliphatic rings. The van der Waals surface area contributed by atoms with Crippen molar-refractivity contribution in [2.75, 3.05) is 0 Å². The van der Waals surface area contributed by atoms with Crippen LogP contribution >= 0.6 is 22.3 Å². The highest BCUT2D eigenvalue weighted by Crippen LogP contribution is 2.22. The highest BCUT2D eigenvalue weighted by atomic mass is 35.7. The Morgan fingerprint density at radius 1 is 1.54 bits per heavy atom. The van der Waals surface area contributed by atoms with Crippen molar-refractivity contribution in [3.8, 4) is 0 Å². The van der Waals surface area contributed by atoms with Crippen molar-refractivity contribution in [1.29, 1.82) is 0 Å². The van der Waals surface area contributed by atoms with Gasteiger partial charge in [-0.25, -0.2) is 8.42 Å². The molecule has 0 N–H and O–H groups in total. The molecule has 74 valence electrons. The fraction of sp³-hybridized carbons (Fsp3) is 0.500. The van der Waals surface area contributed by atoms with E-state index in [4.69, 9.17) is 22.3 Å². The molecule has 1 aromatic rings. The fourth-order valence-corrected chi connectivity index (χ4v) is 2.27. The van der Waals surface area contributed by atoms with Crippen LogP contribution in [0.15, 0.2) is 0 Å². The Hall–Kier alpha value is -0.260. The molecule has 0 aliphatic carbocycles. The standard InChI is InChI=1S/C6H8Cl2N2O2S/c1-4-6(7)5(10(2)9-4)3-13(8,11)12/h3H2,1-2H3. The van der Waals surface area contributed by atoms with E-state index < -0.39 is 9.05 Å². The molecule has 0 bridgehead atoms. The van der Waals surface area contributed by atoms with E-state index >= 15 is 0 Å². The average Bonchev–Trinajstić information content (AvgIpc) is 2.14. The van der Waals surface area contributed by atoms with Crippen LogP contribution in [-0.4, -0.2) is 18.2 Å². The maximum absolute atomic E-state index is 10.8. The summed E-state index contributed by atoms with van der Waals surface area (Å²) in [6.07, 6.45) is 0. The van der Waals surface area contributed by atoms with E-state index in [0.717, 1.165) is 0 Å². The Bertz CT molecular complexity index is 424. The second-order valence-corrected chi connectivity index (χ2v) is 5.81. The zero-order valence-corrected chi connectivity index (χ0v) is 9.41. The molecule has 0 aliphatic heterocycles. The zero-order valence-electron chi connectivity index (χ0n) is 7.08. The Morgan fingerprint density at radius 2 is 2.08 bits per heavy atom. The van der Waals surface area contributed by atoms with Crippen LogP contribution < -0.4 is 0 Å². The predicted octanol–water partition coefficient (Wildman–Crippen LogP) is 1.45. The van der Waals surface area contributed by atoms with E-state index in [1.54, 1.807) is 14.0 Å². The molecule has 1 heterocycles. The van der Waals surface area contributed by atoms with Crippen LogP contribution in [0.3, 0.4) is 0 Å². The molecule has 0 aromatic carbocycles. The number of halogens is 2. The summed E-state index contributed by atoms with van der Waals surface area (Å²) in [6.45, 7) is 1.70. The summed E-state index contributed by atoms with van der Waals surface area (Å²) in [7, 11) is 3.13. The van der Waals surface area contributed by atoms with Gasteiger partial charge in [-0.05, 0) is 6.92 Å². The first-order valence-corrected chi connectivity index (χ1v) is 6.27. The first kappa shape index (κ1) is 10.8. The molecule has 0 atom stereocenters. The molecule has 1 rings (SSSR count). The molecular weight excluding hydrogens is 235 g/mol. The maximum atomic E-state index is 10.8. The SMILES string of the molecule is Cc1nn(C)c(CS(=O)(=O)Cl)c1Cl. The lowest BCUT2D eigenvalue weighted by Gasteiger charge is -1.98. The summed E-state index contributed by atoms with van der Waals surface area (Å²) < 4.78 is 23.0. The van der Waals surface area contributed by atoms with Crippen LogP contribution in [0, 0.1) is 6.92 Å². The van der Waals surface area contributed by atoms with Gasteiger partial charge in [-0.2, -0.15) is 5.10 Å². The van der Waals surface area contributed by atoms with Crippen molar-refractivity contribution in [1.82, 2.24) is 9.78 Å². The van der Waals surface area contributed by atoms with Gasteiger partial charge in [0.05, 0.1) is 16.4 Å². The number of aryl methyl sites for hydroxylation is 2. The summed E-state index contributed by atoms with van der Waals surface area (Å²) in [6, 6.07) is 0. The van der Waals surface area contributed by atoms with Crippen LogP contribution in [0.4, 0.5) is 0 Å². The van der Waals surface area contributed by atoms with Gasteiger partial charge >= 0.3 is 0 Å². The normalized spacial score (nSPS) is 12.0. The van der Waals surface area contributed by atoms with Crippen molar-refractivity contribution < 1.29 is 8.42 Å². The number of rotatable bonds is 2. The molecular formula is C6H8Cl2N2O2S. The van der Waals surface area contributed by atoms with Gasteiger partial charge in [0.25, 0.3) is 0 Å². The third-order valence-electron chi connectivity index (χ3n) is 1.57. The van der Waals surface area contributed by atoms with Crippen molar-refractivity contribution in [3.63, 3.8) is 0 Å². The van der Waals surface area contributed by atoms with Gasteiger partial charge in [-0.3, -0.25) is 4.68 Å². The molecule has 4 nitrogen and oxygen atoms in total. The van der Waals surface area contributed by atoms with Crippen LogP contribution in [0.1, 0.15) is 11.4 Å². The molecule has 0 saturated heterocycles. The van der Waals surface area contributed by atoms with E-state index in [0.29, 0.717) is 16.4 Å². The highest BCUT2D eigenvalue weighted by molar-refractivity contribution is 8.13. The first-order valence-electron chi connectivity index (χ1n) is 3.41. The quantitative estimate of drug-likeness (QED) is 0.738. The maximum Gasteiger partial charge on any atom is 0.238 e. The van der Waals surface area contributed by atoms with Crippen molar-refractivity contribution in [3.05, 3.63) is 16.4 Å². The number of nitrogens with zero attached hydrogens (tertiary/aromatic N) is 2. The van der Waals surface area contributed by atoms with Crippen molar-refractivity contribution in [2.24, 2.45) is 7.05 Å². The second-order valence-electron chi connectivity index (χ2n) is 2.65. The van der Waals surface area contributed by atoms with E-state index in [1.807, 2.05) is 0 Å². The van der Waals surface area contributed by atoms with Gasteiger partial charge in [0.15, 0.2) is 0 Å². The minimum atomic E-state index is -3.58. The molecule has 0 amide bonds. The van der Waals surface area contributed by atoms with E-state index in [-0.39, 0.29) is 5.75 Å². The average molecular weight is 243 g/mol. The summed E-state index contributed by atoms with van der Waals surface area (Å²) in [4.78, 5) is 0. The lowest BCUT2D eigenvalue weighted by molar-refractivity contribution is 0.605. The molecule has 1 aromatic heterocycles. The van der Waals surface area contributed by atoms with Crippen LogP contribution in [-0.2, 0) is 21.9 Å². The summed E-state index contributed by atoms with van der Waals surface area (Å²) in [5.74, 6) is -0.301. The van der Waals surface area contributed by atoms with Crippen molar-refractivity contribution >= 4 is 31.3 Å². The van der Waals surface area contributed by atoms with E-state index in [9.17, 15) is 8.42 Å². The zero-order chi connectivity index (χ0) is 10.2. The Kier molecular flexibility index (Phi) is 2.89. The first-order chi connectivity index (χ1) is 5.81. The Morgan fingerprint density at radius 3 is 2.38 bits per heavy atom. The van der Waals surface area contributed by atoms with E-state index in [2.05, 4.69) is 5.10 Å². The number of hydrogen-bond acceptors (Lipinski definition) is 3. The molecule has 0 radical (unpaired) electrons. The minimum Gasteiger partial charge on any atom is -0.270 e. The monoisotopic (exact) mass is 242 g/mol. The van der Waals surface area contributed by atoms with Crippen LogP contribution in [0.2, 0.25) is 5.02 Å². The van der Waals surface area contributed by atoms with Gasteiger partial charge in [0, 0.05) is 17.7 Å². The fourth-order valence-electron chi connectivity index (χ4n) is 1.00. The minimum absolute atomic E-state index is 0.301. The number of hydrogen-bond donors (Lipinski definition) is 0. The predicted molar refractivity (Wildman–Crippen MR) is 51.4 cm³/mol. The van der Waals surface area contributed by atoms with Gasteiger partial charge in [-0.15, -0.1) is 0 Å². The molecule has 13 heavy (non-hydrogen) atoms. The van der Waals surface area contributed by atoms with Gasteiger partial charge in [0.2, 0.25) is 9.05 Å². The topological polar surface area (TPSA) is 52.0 Å². The lowest BCUT2D eigenvalue weighted by atomic mass is 10.4. The molecule has 7 heteroatoms. The lowest BCUT2D eigenvalue weighted by Crippen LogP contribution is -2.03. The molecule has 0 saturated carbocycles. The van der Waals surface area contributed by atoms with Crippen molar-refractivity contribution in [2.45, 2.75) is 12.7 Å². The molecule has 0 fully saturated rings. The Balaban J connectivity index is 3.15. The second kappa shape index (κ2) is 3.48. The van der Waals surface area contributed by atoms with E-state index in [1.165, 1.54) is 4.68 Å². The highest BCUT2D eigenvalue weighted by Gasteiger charge is 2.16. The third kappa shape index (κ3) is 2.59. The van der Waals surface area contributed by atoms with Crippen LogP contribution in [0.25, 0.3) is 0 Å². The van der Waals surface area contributed by atoms with Gasteiger partial charge in [0.1, 0.15) is 5.75 Å². The summed E-state index contributed by atoms with van der Waals surface area (Å²) in [5.41, 5.74) is 1.01. The summed E-state index contributed by atoms with van der Waals surface area (Å²) >= 11 is 5.81. The number of aromatic nitrogens is 2. The third-order valence-corrected chi connectivity index (χ3v) is 3.01.